The molecule has 0 aliphatic heterocycles. The SMILES string of the molecule is CCCCCCC=CCCCC=CCCC(=O)O. The predicted molar refractivity (Wildman–Crippen MR) is 77.8 cm³/mol. The van der Waals surface area contributed by atoms with Crippen LogP contribution in [0.5, 0.6) is 0 Å². The number of aliphatic carboxylic acids is 1. The molecular formula is C16H28O2. The standard InChI is InChI=1S/C16H28O2/c1-2-3-4-5-6-7-8-9-10-11-12-13-14-15-16(17)18/h7-8,12-13H,2-6,9-11,14-15H2,1H3,(H,17,18). The maximum absolute atomic E-state index is 10.3. The van der Waals surface area contributed by atoms with Gasteiger partial charge in [0, 0.05) is 6.42 Å². The van der Waals surface area contributed by atoms with Gasteiger partial charge in [-0.05, 0) is 38.5 Å². The highest BCUT2D eigenvalue weighted by atomic mass is 16.4. The number of allylic oxidation sites excluding steroid dienone is 4. The number of unbranched alkanes of at least 4 members (excludes halogenated alkanes) is 6. The summed E-state index contributed by atoms with van der Waals surface area (Å²) in [5.74, 6) is -0.717. The molecular weight excluding hydrogens is 224 g/mol. The first-order chi connectivity index (χ1) is 8.77. The molecule has 0 amide bonds. The summed E-state index contributed by atoms with van der Waals surface area (Å²) in [5, 5.41) is 8.45. The van der Waals surface area contributed by atoms with Crippen LogP contribution in [0.4, 0.5) is 0 Å². The van der Waals surface area contributed by atoms with Crippen LogP contribution in [0.2, 0.25) is 0 Å². The van der Waals surface area contributed by atoms with Gasteiger partial charge in [0.15, 0.2) is 0 Å². The molecule has 0 atom stereocenters. The first-order valence-corrected chi connectivity index (χ1v) is 7.29. The smallest absolute Gasteiger partial charge is 0.303 e. The van der Waals surface area contributed by atoms with E-state index in [9.17, 15) is 4.79 Å². The summed E-state index contributed by atoms with van der Waals surface area (Å²) >= 11 is 0. The number of carboxylic acid groups (broad SMARTS) is 1. The topological polar surface area (TPSA) is 37.3 Å². The van der Waals surface area contributed by atoms with Gasteiger partial charge >= 0.3 is 5.97 Å². The fourth-order valence-corrected chi connectivity index (χ4v) is 1.72. The molecule has 0 saturated carbocycles. The molecule has 0 rings (SSSR count). The van der Waals surface area contributed by atoms with Crippen LogP contribution in [-0.2, 0) is 4.79 Å². The van der Waals surface area contributed by atoms with Gasteiger partial charge in [-0.15, -0.1) is 0 Å². The first-order valence-electron chi connectivity index (χ1n) is 7.29. The van der Waals surface area contributed by atoms with Crippen molar-refractivity contribution in [2.24, 2.45) is 0 Å². The zero-order valence-corrected chi connectivity index (χ0v) is 11.7. The highest BCUT2D eigenvalue weighted by Crippen LogP contribution is 2.05. The summed E-state index contributed by atoms with van der Waals surface area (Å²) in [6.07, 6.45) is 19.4. The summed E-state index contributed by atoms with van der Waals surface area (Å²) in [5.41, 5.74) is 0. The molecule has 2 heteroatoms. The molecule has 0 spiro atoms. The van der Waals surface area contributed by atoms with Crippen molar-refractivity contribution in [1.29, 1.82) is 0 Å². The molecule has 0 saturated heterocycles. The van der Waals surface area contributed by atoms with Crippen molar-refractivity contribution < 1.29 is 9.90 Å². The Bertz CT molecular complexity index is 241. The maximum Gasteiger partial charge on any atom is 0.303 e. The van der Waals surface area contributed by atoms with Crippen LogP contribution in [0.15, 0.2) is 24.3 Å². The van der Waals surface area contributed by atoms with Gasteiger partial charge in [-0.25, -0.2) is 0 Å². The van der Waals surface area contributed by atoms with Gasteiger partial charge in [0.1, 0.15) is 0 Å². The van der Waals surface area contributed by atoms with Crippen LogP contribution in [0.3, 0.4) is 0 Å². The van der Waals surface area contributed by atoms with Crippen molar-refractivity contribution in [3.63, 3.8) is 0 Å². The average Bonchev–Trinajstić information content (AvgIpc) is 2.34. The minimum atomic E-state index is -0.717. The fourth-order valence-electron chi connectivity index (χ4n) is 1.72. The van der Waals surface area contributed by atoms with Crippen LogP contribution in [0, 0.1) is 0 Å². The van der Waals surface area contributed by atoms with Crippen LogP contribution in [0.25, 0.3) is 0 Å². The molecule has 0 bridgehead atoms. The van der Waals surface area contributed by atoms with E-state index in [0.717, 1.165) is 19.3 Å². The van der Waals surface area contributed by atoms with Gasteiger partial charge in [-0.2, -0.15) is 0 Å². The molecule has 1 N–H and O–H groups in total. The lowest BCUT2D eigenvalue weighted by Crippen LogP contribution is -1.91. The fraction of sp³-hybridized carbons (Fsp3) is 0.688. The maximum atomic E-state index is 10.3. The van der Waals surface area contributed by atoms with E-state index in [1.807, 2.05) is 6.08 Å². The summed E-state index contributed by atoms with van der Waals surface area (Å²) in [6.45, 7) is 2.24. The molecule has 104 valence electrons. The molecule has 0 heterocycles. The second kappa shape index (κ2) is 14.0. The lowest BCUT2D eigenvalue weighted by atomic mass is 10.1. The van der Waals surface area contributed by atoms with Crippen molar-refractivity contribution >= 4 is 5.97 Å². The number of hydrogen-bond donors (Lipinski definition) is 1. The molecule has 0 aliphatic rings. The normalized spacial score (nSPS) is 11.6. The molecule has 18 heavy (non-hydrogen) atoms. The minimum absolute atomic E-state index is 0.244. The van der Waals surface area contributed by atoms with E-state index in [1.165, 1.54) is 32.1 Å². The monoisotopic (exact) mass is 252 g/mol. The molecule has 0 aromatic carbocycles. The van der Waals surface area contributed by atoms with E-state index < -0.39 is 5.97 Å². The lowest BCUT2D eigenvalue weighted by molar-refractivity contribution is -0.136. The van der Waals surface area contributed by atoms with Crippen LogP contribution < -0.4 is 0 Å². The second-order valence-electron chi connectivity index (χ2n) is 4.66. The largest absolute Gasteiger partial charge is 0.481 e. The number of carbonyl (C=O) groups is 1. The van der Waals surface area contributed by atoms with Crippen molar-refractivity contribution in [3.8, 4) is 0 Å². The molecule has 0 unspecified atom stereocenters. The Morgan fingerprint density at radius 3 is 1.94 bits per heavy atom. The Hall–Kier alpha value is -1.05. The minimum Gasteiger partial charge on any atom is -0.481 e. The van der Waals surface area contributed by atoms with Crippen LogP contribution >= 0.6 is 0 Å². The van der Waals surface area contributed by atoms with Crippen molar-refractivity contribution in [3.05, 3.63) is 24.3 Å². The van der Waals surface area contributed by atoms with Crippen molar-refractivity contribution in [2.45, 2.75) is 71.1 Å². The van der Waals surface area contributed by atoms with Crippen LogP contribution in [-0.4, -0.2) is 11.1 Å². The van der Waals surface area contributed by atoms with E-state index in [-0.39, 0.29) is 6.42 Å². The Morgan fingerprint density at radius 1 is 0.833 bits per heavy atom. The third kappa shape index (κ3) is 14.9. The lowest BCUT2D eigenvalue weighted by Gasteiger charge is -1.94. The van der Waals surface area contributed by atoms with E-state index in [4.69, 9.17) is 5.11 Å². The number of carboxylic acids is 1. The van der Waals surface area contributed by atoms with Gasteiger partial charge in [-0.1, -0.05) is 50.5 Å². The van der Waals surface area contributed by atoms with E-state index >= 15 is 0 Å². The Labute approximate surface area is 112 Å². The van der Waals surface area contributed by atoms with Gasteiger partial charge in [0.2, 0.25) is 0 Å². The Kier molecular flexibility index (Phi) is 13.2. The third-order valence-corrected chi connectivity index (χ3v) is 2.82. The van der Waals surface area contributed by atoms with Crippen molar-refractivity contribution in [1.82, 2.24) is 0 Å². The molecule has 0 aromatic rings. The number of rotatable bonds is 12. The van der Waals surface area contributed by atoms with Gasteiger partial charge in [-0.3, -0.25) is 4.79 Å². The van der Waals surface area contributed by atoms with E-state index in [1.54, 1.807) is 0 Å². The highest BCUT2D eigenvalue weighted by Gasteiger charge is 1.91. The van der Waals surface area contributed by atoms with Gasteiger partial charge in [0.25, 0.3) is 0 Å². The summed E-state index contributed by atoms with van der Waals surface area (Å²) in [7, 11) is 0. The van der Waals surface area contributed by atoms with Crippen molar-refractivity contribution in [2.75, 3.05) is 0 Å². The third-order valence-electron chi connectivity index (χ3n) is 2.82. The first kappa shape index (κ1) is 16.9. The summed E-state index contributed by atoms with van der Waals surface area (Å²) in [6, 6.07) is 0. The Morgan fingerprint density at radius 2 is 1.39 bits per heavy atom. The molecule has 0 aromatic heterocycles. The summed E-state index contributed by atoms with van der Waals surface area (Å²) in [4.78, 5) is 10.3. The average molecular weight is 252 g/mol. The second-order valence-corrected chi connectivity index (χ2v) is 4.66. The Balaban J connectivity index is 3.19. The van der Waals surface area contributed by atoms with Gasteiger partial charge in [0.05, 0.1) is 0 Å². The molecule has 0 radical (unpaired) electrons. The molecule has 2 nitrogen and oxygen atoms in total. The number of hydrogen-bond acceptors (Lipinski definition) is 1. The quantitative estimate of drug-likeness (QED) is 0.387. The van der Waals surface area contributed by atoms with E-state index in [0.29, 0.717) is 6.42 Å². The van der Waals surface area contributed by atoms with E-state index in [2.05, 4.69) is 25.2 Å². The molecule has 0 aliphatic carbocycles. The van der Waals surface area contributed by atoms with Gasteiger partial charge < -0.3 is 5.11 Å². The molecule has 0 fully saturated rings. The zero-order chi connectivity index (χ0) is 13.5. The zero-order valence-electron chi connectivity index (χ0n) is 11.7. The highest BCUT2D eigenvalue weighted by molar-refractivity contribution is 5.66. The summed E-state index contributed by atoms with van der Waals surface area (Å²) < 4.78 is 0. The predicted octanol–water partition coefficient (Wildman–Crippen LogP) is 5.10. The van der Waals surface area contributed by atoms with Crippen LogP contribution in [0.1, 0.15) is 71.1 Å².